The van der Waals surface area contributed by atoms with Crippen LogP contribution in [0.25, 0.3) is 0 Å². The number of anilines is 2. The Morgan fingerprint density at radius 3 is 2.95 bits per heavy atom. The number of hydrogen-bond donors (Lipinski definition) is 3. The Morgan fingerprint density at radius 1 is 1.58 bits per heavy atom. The molecule has 0 fully saturated rings. The number of hydrogen-bond acceptors (Lipinski definition) is 4. The molecule has 1 aromatic carbocycles. The van der Waals surface area contributed by atoms with E-state index in [9.17, 15) is 4.79 Å². The number of thioether (sulfide) groups is 1. The van der Waals surface area contributed by atoms with Gasteiger partial charge in [-0.3, -0.25) is 4.79 Å². The summed E-state index contributed by atoms with van der Waals surface area (Å²) in [5.74, 6) is 0.786. The largest absolute Gasteiger partial charge is 0.399 e. The Bertz CT molecular complexity index is 429. The molecule has 0 aromatic heterocycles. The molecule has 19 heavy (non-hydrogen) atoms. The fraction of sp³-hybridized carbons (Fsp3) is 0.462. The monoisotopic (exact) mass is 302 g/mol. The van der Waals surface area contributed by atoms with Crippen LogP contribution in [0.3, 0.4) is 0 Å². The van der Waals surface area contributed by atoms with Crippen molar-refractivity contribution in [2.75, 3.05) is 23.4 Å². The molecule has 4 N–H and O–H groups in total. The topological polar surface area (TPSA) is 75.3 Å². The molecule has 4 nitrogen and oxygen atoms in total. The number of carbonyl (C=O) groups is 1. The molecule has 0 aliphatic rings. The summed E-state index contributed by atoms with van der Waals surface area (Å²) in [6.07, 6.45) is 1.21. The molecule has 1 unspecified atom stereocenters. The van der Waals surface area contributed by atoms with E-state index >= 15 is 0 Å². The number of nitrogens with two attached hydrogens (primary N) is 1. The predicted molar refractivity (Wildman–Crippen MR) is 82.7 cm³/mol. The number of halogens is 1. The van der Waals surface area contributed by atoms with Gasteiger partial charge in [0.15, 0.2) is 0 Å². The number of carbonyl (C=O) groups excluding carboxylic acids is 1. The second-order valence-electron chi connectivity index (χ2n) is 4.25. The smallest absolute Gasteiger partial charge is 0.224 e. The van der Waals surface area contributed by atoms with Crippen molar-refractivity contribution >= 4 is 40.6 Å². The molecule has 0 saturated heterocycles. The molecule has 1 aromatic rings. The third kappa shape index (κ3) is 6.18. The Morgan fingerprint density at radius 2 is 2.32 bits per heavy atom. The third-order valence-electron chi connectivity index (χ3n) is 2.47. The summed E-state index contributed by atoms with van der Waals surface area (Å²) in [4.78, 5) is 11.7. The number of benzene rings is 1. The van der Waals surface area contributed by atoms with Crippen LogP contribution in [-0.4, -0.2) is 28.6 Å². The van der Waals surface area contributed by atoms with Gasteiger partial charge in [-0.2, -0.15) is 11.8 Å². The number of aliphatic hydroxyl groups excluding tert-OH is 1. The molecule has 0 heterocycles. The number of rotatable bonds is 7. The van der Waals surface area contributed by atoms with Gasteiger partial charge in [-0.1, -0.05) is 18.5 Å². The number of nitrogen functional groups attached to an aromatic ring is 1. The zero-order valence-electron chi connectivity index (χ0n) is 10.9. The number of aliphatic hydroxyl groups is 1. The Hall–Kier alpha value is -0.910. The third-order valence-corrected chi connectivity index (χ3v) is 4.03. The molecular formula is C13H19ClN2O2S. The van der Waals surface area contributed by atoms with Gasteiger partial charge in [0.1, 0.15) is 0 Å². The van der Waals surface area contributed by atoms with Crippen molar-refractivity contribution in [3.63, 3.8) is 0 Å². The van der Waals surface area contributed by atoms with E-state index < -0.39 is 0 Å². The summed E-state index contributed by atoms with van der Waals surface area (Å²) in [5.41, 5.74) is 6.73. The molecule has 0 aliphatic carbocycles. The highest BCUT2D eigenvalue weighted by atomic mass is 35.5. The van der Waals surface area contributed by atoms with Gasteiger partial charge in [0.05, 0.1) is 17.3 Å². The first-order valence-corrected chi connectivity index (χ1v) is 7.53. The molecule has 106 valence electrons. The highest BCUT2D eigenvalue weighted by Gasteiger charge is 2.07. The highest BCUT2D eigenvalue weighted by Crippen LogP contribution is 2.24. The van der Waals surface area contributed by atoms with Gasteiger partial charge in [0, 0.05) is 17.4 Å². The predicted octanol–water partition coefficient (Wildman–Crippen LogP) is 2.75. The van der Waals surface area contributed by atoms with Crippen LogP contribution in [0.1, 0.15) is 19.8 Å². The zero-order chi connectivity index (χ0) is 14.3. The van der Waals surface area contributed by atoms with E-state index in [0.29, 0.717) is 22.8 Å². The van der Waals surface area contributed by atoms with Crippen molar-refractivity contribution in [1.82, 2.24) is 0 Å². The van der Waals surface area contributed by atoms with Crippen LogP contribution < -0.4 is 11.1 Å². The summed E-state index contributed by atoms with van der Waals surface area (Å²) in [7, 11) is 0. The van der Waals surface area contributed by atoms with E-state index in [2.05, 4.69) is 5.32 Å². The van der Waals surface area contributed by atoms with Gasteiger partial charge in [0.25, 0.3) is 0 Å². The Kier molecular flexibility index (Phi) is 7.05. The molecular weight excluding hydrogens is 284 g/mol. The molecule has 1 rings (SSSR count). The molecule has 6 heteroatoms. The fourth-order valence-electron chi connectivity index (χ4n) is 1.42. The van der Waals surface area contributed by atoms with Gasteiger partial charge in [-0.15, -0.1) is 0 Å². The van der Waals surface area contributed by atoms with Crippen molar-refractivity contribution in [3.8, 4) is 0 Å². The number of nitrogens with one attached hydrogen (secondary N) is 1. The zero-order valence-corrected chi connectivity index (χ0v) is 12.4. The maximum absolute atomic E-state index is 11.7. The highest BCUT2D eigenvalue weighted by molar-refractivity contribution is 7.99. The van der Waals surface area contributed by atoms with Crippen molar-refractivity contribution < 1.29 is 9.90 Å². The summed E-state index contributed by atoms with van der Waals surface area (Å²) < 4.78 is 0. The van der Waals surface area contributed by atoms with E-state index in [-0.39, 0.29) is 17.8 Å². The molecule has 0 aliphatic heterocycles. The van der Waals surface area contributed by atoms with E-state index in [4.69, 9.17) is 22.4 Å². The van der Waals surface area contributed by atoms with Gasteiger partial charge < -0.3 is 16.2 Å². The van der Waals surface area contributed by atoms with Crippen LogP contribution in [0.4, 0.5) is 11.4 Å². The van der Waals surface area contributed by atoms with Crippen LogP contribution >= 0.6 is 23.4 Å². The van der Waals surface area contributed by atoms with Crippen LogP contribution in [0.5, 0.6) is 0 Å². The second kappa shape index (κ2) is 8.30. The lowest BCUT2D eigenvalue weighted by molar-refractivity contribution is -0.116. The van der Waals surface area contributed by atoms with Crippen LogP contribution in [-0.2, 0) is 4.79 Å². The Balaban J connectivity index is 2.31. The SMILES string of the molecule is CC(CO)SCCCC(=O)Nc1ccc(N)cc1Cl. The van der Waals surface area contributed by atoms with Crippen LogP contribution in [0.15, 0.2) is 18.2 Å². The molecule has 0 spiro atoms. The Labute approximate surface area is 122 Å². The van der Waals surface area contributed by atoms with Gasteiger partial charge in [-0.05, 0) is 30.4 Å². The minimum Gasteiger partial charge on any atom is -0.399 e. The average molecular weight is 303 g/mol. The molecule has 0 radical (unpaired) electrons. The lowest BCUT2D eigenvalue weighted by Gasteiger charge is -2.09. The van der Waals surface area contributed by atoms with E-state index in [1.165, 1.54) is 0 Å². The molecule has 1 amide bonds. The van der Waals surface area contributed by atoms with Crippen molar-refractivity contribution in [2.24, 2.45) is 0 Å². The molecule has 1 atom stereocenters. The van der Waals surface area contributed by atoms with Crippen LogP contribution in [0, 0.1) is 0 Å². The lowest BCUT2D eigenvalue weighted by Crippen LogP contribution is -2.12. The van der Waals surface area contributed by atoms with Gasteiger partial charge in [0.2, 0.25) is 5.91 Å². The van der Waals surface area contributed by atoms with E-state index in [1.54, 1.807) is 30.0 Å². The summed E-state index contributed by atoms with van der Waals surface area (Å²) in [6.45, 7) is 2.12. The minimum atomic E-state index is -0.0658. The standard InChI is InChI=1S/C13H19ClN2O2S/c1-9(8-17)19-6-2-3-13(18)16-12-5-4-10(15)7-11(12)14/h4-5,7,9,17H,2-3,6,8,15H2,1H3,(H,16,18). The maximum atomic E-state index is 11.7. The van der Waals surface area contributed by atoms with E-state index in [0.717, 1.165) is 12.2 Å². The van der Waals surface area contributed by atoms with Gasteiger partial charge in [-0.25, -0.2) is 0 Å². The van der Waals surface area contributed by atoms with Crippen molar-refractivity contribution in [1.29, 1.82) is 0 Å². The average Bonchev–Trinajstić information content (AvgIpc) is 2.37. The normalized spacial score (nSPS) is 12.2. The minimum absolute atomic E-state index is 0.0658. The van der Waals surface area contributed by atoms with Crippen molar-refractivity contribution in [3.05, 3.63) is 23.2 Å². The first-order chi connectivity index (χ1) is 9.02. The number of amides is 1. The van der Waals surface area contributed by atoms with E-state index in [1.807, 2.05) is 6.92 Å². The fourth-order valence-corrected chi connectivity index (χ4v) is 2.47. The van der Waals surface area contributed by atoms with Gasteiger partial charge >= 0.3 is 0 Å². The summed E-state index contributed by atoms with van der Waals surface area (Å²) >= 11 is 7.63. The maximum Gasteiger partial charge on any atom is 0.224 e. The first kappa shape index (κ1) is 16.1. The first-order valence-electron chi connectivity index (χ1n) is 6.10. The lowest BCUT2D eigenvalue weighted by atomic mass is 10.2. The molecule has 0 bridgehead atoms. The van der Waals surface area contributed by atoms with Crippen LogP contribution in [0.2, 0.25) is 5.02 Å². The second-order valence-corrected chi connectivity index (χ2v) is 6.21. The summed E-state index contributed by atoms with van der Waals surface area (Å²) in [5, 5.41) is 12.3. The van der Waals surface area contributed by atoms with Crippen molar-refractivity contribution in [2.45, 2.75) is 25.0 Å². The molecule has 0 saturated carbocycles. The summed E-state index contributed by atoms with van der Waals surface area (Å²) in [6, 6.07) is 4.99. The quantitative estimate of drug-likeness (QED) is 0.535.